The molecule has 3 unspecified atom stereocenters. The first-order chi connectivity index (χ1) is 29.8. The van der Waals surface area contributed by atoms with Gasteiger partial charge in [0.15, 0.2) is 21.4 Å². The van der Waals surface area contributed by atoms with Gasteiger partial charge in [0, 0.05) is 47.7 Å². The minimum absolute atomic E-state index is 0.933. The molecule has 3 atom stereocenters. The summed E-state index contributed by atoms with van der Waals surface area (Å²) < 4.78 is 43.4. The predicted octanol–water partition coefficient (Wildman–Crippen LogP) is 8.25. The maximum absolute atomic E-state index is 14.5. The lowest BCUT2D eigenvalue weighted by Gasteiger charge is -2.21. The topological polar surface area (TPSA) is 51.2 Å². The van der Waals surface area contributed by atoms with Crippen LogP contribution in [-0.2, 0) is 13.7 Å². The Morgan fingerprint density at radius 3 is 0.607 bits per heavy atom. The van der Waals surface area contributed by atoms with Gasteiger partial charge in [0.25, 0.3) is 0 Å². The van der Waals surface area contributed by atoms with Crippen LogP contribution < -0.4 is 63.7 Å². The fourth-order valence-electron chi connectivity index (χ4n) is 11.0. The van der Waals surface area contributed by atoms with Crippen molar-refractivity contribution < 1.29 is 13.7 Å². The molecule has 0 N–H and O–H groups in total. The molecule has 0 spiro atoms. The van der Waals surface area contributed by atoms with Crippen molar-refractivity contribution in [3.63, 3.8) is 0 Å². The molecule has 0 aliphatic carbocycles. The van der Waals surface area contributed by atoms with E-state index in [9.17, 15) is 13.7 Å². The Kier molecular flexibility index (Phi) is 6.16. The normalized spacial score (nSPS) is 21.4. The second-order valence-electron chi connectivity index (χ2n) is 17.0. The third-order valence-corrected chi connectivity index (χ3v) is 25.5. The average Bonchev–Trinajstić information content (AvgIpc) is 4.28. The van der Waals surface area contributed by atoms with E-state index in [4.69, 9.17) is 0 Å². The van der Waals surface area contributed by atoms with Gasteiger partial charge in [-0.05, 0) is 90.6 Å². The van der Waals surface area contributed by atoms with Gasteiger partial charge in [0.1, 0.15) is 0 Å². The molecule has 6 bridgehead atoms. The van der Waals surface area contributed by atoms with Crippen LogP contribution in [0, 0.1) is 0 Å². The zero-order valence-electron chi connectivity index (χ0n) is 32.3. The first kappa shape index (κ1) is 33.8. The molecule has 0 radical (unpaired) electrons. The van der Waals surface area contributed by atoms with Gasteiger partial charge in [0.2, 0.25) is 0 Å². The third-order valence-electron chi connectivity index (χ3n) is 14.1. The molecule has 0 fully saturated rings. The SMILES string of the molecule is O=P12c3ccc(cc3)-c3ccc(-c4ccc(P(c5ccc(-c6ccc7c8c6P8(=O)c6ccc-7cc6)cc5)c5ccc(-c6ccc7c8c6P8(=O)c6ccc-7cc6)cc5)cc4)c1c32. The average molecular weight is 851 g/mol. The number of fused-ring (bicyclic) bond motifs is 6. The van der Waals surface area contributed by atoms with Crippen molar-refractivity contribution in [1.29, 1.82) is 0 Å². The number of benzene rings is 9. The molecular weight excluding hydrogens is 820 g/mol. The molecule has 0 saturated heterocycles. The largest absolute Gasteiger partial charge is 0.309 e. The van der Waals surface area contributed by atoms with E-state index in [2.05, 4.69) is 146 Å². The van der Waals surface area contributed by atoms with Crippen LogP contribution in [-0.4, -0.2) is 0 Å². The van der Waals surface area contributed by atoms with Gasteiger partial charge in [-0.25, -0.2) is 0 Å². The zero-order valence-corrected chi connectivity index (χ0v) is 35.9. The van der Waals surface area contributed by atoms with Crippen LogP contribution in [0.3, 0.4) is 0 Å². The minimum atomic E-state index is -2.70. The van der Waals surface area contributed by atoms with Crippen LogP contribution in [0.15, 0.2) is 182 Å². The van der Waals surface area contributed by atoms with Gasteiger partial charge in [-0.3, -0.25) is 0 Å². The smallest absolute Gasteiger partial charge is 0.173 e. The van der Waals surface area contributed by atoms with Crippen LogP contribution in [0.25, 0.3) is 66.8 Å². The Morgan fingerprint density at radius 2 is 0.410 bits per heavy atom. The molecule has 3 nitrogen and oxygen atoms in total. The van der Waals surface area contributed by atoms with E-state index in [0.29, 0.717) is 0 Å². The lowest BCUT2D eigenvalue weighted by Crippen LogP contribution is -2.20. The molecule has 9 heterocycles. The highest BCUT2D eigenvalue weighted by Crippen LogP contribution is 2.62. The van der Waals surface area contributed by atoms with E-state index < -0.39 is 29.3 Å². The standard InChI is InChI=1S/C54H30O3P4/c55-59-40-19-7-34(8-20-40)46-28-25-43(49(59)52(46)59)31-1-13-37(14-2-31)58(38-15-3-32(4-16-38)44-26-29-47-35-9-21-41(22-10-35)60(56)50(44)53(47)60)39-17-5-33(6-18-39)45-27-30-48-36-11-23-42(24-12-36)61(57)51(45)54(48)61/h1-30H. The molecule has 0 saturated carbocycles. The zero-order chi connectivity index (χ0) is 40.1. The molecule has 9 aliphatic rings. The second kappa shape index (κ2) is 11.1. The maximum Gasteiger partial charge on any atom is 0.173 e. The van der Waals surface area contributed by atoms with Crippen molar-refractivity contribution >= 4 is 93.0 Å². The van der Waals surface area contributed by atoms with E-state index in [1.165, 1.54) is 15.9 Å². The molecule has 284 valence electrons. The maximum atomic E-state index is 14.5. The van der Waals surface area contributed by atoms with Gasteiger partial charge in [-0.2, -0.15) is 0 Å². The molecular formula is C54H30O3P4. The van der Waals surface area contributed by atoms with Gasteiger partial charge in [-0.15, -0.1) is 0 Å². The third kappa shape index (κ3) is 4.11. The van der Waals surface area contributed by atoms with Gasteiger partial charge < -0.3 is 13.7 Å². The van der Waals surface area contributed by atoms with E-state index in [1.54, 1.807) is 0 Å². The van der Waals surface area contributed by atoms with Crippen LogP contribution >= 0.6 is 29.3 Å². The van der Waals surface area contributed by atoms with Crippen molar-refractivity contribution in [3.05, 3.63) is 182 Å². The molecule has 18 rings (SSSR count). The molecule has 0 aromatic heterocycles. The fourth-order valence-corrected chi connectivity index (χ4v) is 22.7. The molecule has 9 aromatic carbocycles. The Hall–Kier alpha value is -5.90. The Morgan fingerprint density at radius 1 is 0.230 bits per heavy atom. The van der Waals surface area contributed by atoms with Crippen LogP contribution in [0.4, 0.5) is 0 Å². The first-order valence-electron chi connectivity index (χ1n) is 20.6. The van der Waals surface area contributed by atoms with Crippen molar-refractivity contribution in [2.24, 2.45) is 0 Å². The molecule has 0 amide bonds. The van der Waals surface area contributed by atoms with Crippen molar-refractivity contribution in [2.75, 3.05) is 0 Å². The lowest BCUT2D eigenvalue weighted by molar-refractivity contribution is 0.595. The summed E-state index contributed by atoms with van der Waals surface area (Å²) in [6.07, 6.45) is 0. The number of hydrogen-bond acceptors (Lipinski definition) is 3. The Labute approximate surface area is 353 Å². The molecule has 7 heteroatoms. The molecule has 61 heavy (non-hydrogen) atoms. The summed E-state index contributed by atoms with van der Waals surface area (Å²) in [5.74, 6) is 0. The minimum Gasteiger partial charge on any atom is -0.309 e. The Bertz CT molecular complexity index is 3290. The van der Waals surface area contributed by atoms with E-state index in [1.807, 2.05) is 36.4 Å². The van der Waals surface area contributed by atoms with Crippen LogP contribution in [0.2, 0.25) is 0 Å². The first-order valence-corrected chi connectivity index (χ1v) is 27.1. The monoisotopic (exact) mass is 850 g/mol. The van der Waals surface area contributed by atoms with Crippen molar-refractivity contribution in [1.82, 2.24) is 0 Å². The van der Waals surface area contributed by atoms with Crippen molar-refractivity contribution in [2.45, 2.75) is 0 Å². The van der Waals surface area contributed by atoms with Gasteiger partial charge >= 0.3 is 0 Å². The second-order valence-corrected chi connectivity index (χ2v) is 27.1. The quantitative estimate of drug-likeness (QED) is 0.159. The predicted molar refractivity (Wildman–Crippen MR) is 257 cm³/mol. The number of rotatable bonds is 6. The summed E-state index contributed by atoms with van der Waals surface area (Å²) in [5.41, 5.74) is 13.1. The highest BCUT2D eigenvalue weighted by atomic mass is 31.2. The molecule has 9 aromatic rings. The van der Waals surface area contributed by atoms with E-state index >= 15 is 0 Å². The fraction of sp³-hybridized carbons (Fsp3) is 0. The summed E-state index contributed by atoms with van der Waals surface area (Å²) in [6.45, 7) is 0. The lowest BCUT2D eigenvalue weighted by atomic mass is 10.0. The summed E-state index contributed by atoms with van der Waals surface area (Å²) in [5, 5.41) is 12.6. The van der Waals surface area contributed by atoms with E-state index in [0.717, 1.165) is 115 Å². The summed E-state index contributed by atoms with van der Waals surface area (Å²) >= 11 is 0. The highest BCUT2D eigenvalue weighted by Gasteiger charge is 2.55. The summed E-state index contributed by atoms with van der Waals surface area (Å²) in [6, 6.07) is 64.5. The van der Waals surface area contributed by atoms with Crippen LogP contribution in [0.5, 0.6) is 0 Å². The number of hydrogen-bond donors (Lipinski definition) is 0. The van der Waals surface area contributed by atoms with Gasteiger partial charge in [-0.1, -0.05) is 182 Å². The highest BCUT2D eigenvalue weighted by molar-refractivity contribution is 7.96. The van der Waals surface area contributed by atoms with Crippen molar-refractivity contribution in [3.8, 4) is 66.8 Å². The summed E-state index contributed by atoms with van der Waals surface area (Å²) in [7, 11) is -9.10. The van der Waals surface area contributed by atoms with Crippen LogP contribution in [0.1, 0.15) is 0 Å². The Balaban J connectivity index is 0.822. The van der Waals surface area contributed by atoms with E-state index in [-0.39, 0.29) is 0 Å². The molecule has 9 aliphatic heterocycles. The summed E-state index contributed by atoms with van der Waals surface area (Å²) in [4.78, 5) is 0. The van der Waals surface area contributed by atoms with Gasteiger partial charge in [0.05, 0.1) is 0 Å².